The molecule has 4 aromatic carbocycles. The molecule has 0 saturated carbocycles. The minimum atomic E-state index is -4.26. The maximum absolute atomic E-state index is 12.6. The van der Waals surface area contributed by atoms with E-state index in [1.165, 1.54) is 36.2 Å². The lowest BCUT2D eigenvalue weighted by atomic mass is 9.83. The Bertz CT molecular complexity index is 1730. The van der Waals surface area contributed by atoms with Gasteiger partial charge in [-0.25, -0.2) is 0 Å². The summed E-state index contributed by atoms with van der Waals surface area (Å²) in [6.07, 6.45) is -8.51. The largest absolute Gasteiger partial charge is 0.416 e. The summed E-state index contributed by atoms with van der Waals surface area (Å²) >= 11 is 12.1. The summed E-state index contributed by atoms with van der Waals surface area (Å²) in [6.45, 7) is 30.0. The lowest BCUT2D eigenvalue weighted by Gasteiger charge is -2.22. The van der Waals surface area contributed by atoms with Crippen LogP contribution in [0.5, 0.6) is 0 Å². The van der Waals surface area contributed by atoms with Gasteiger partial charge < -0.3 is 0 Å². The fourth-order valence-electron chi connectivity index (χ4n) is 5.34. The minimum absolute atomic E-state index is 0.00935. The molecule has 0 aromatic heterocycles. The standard InChI is InChI=1S/2C12H15F3.C11H16.C10H12Cl2/c1-8-7-9(12(13,14)15)5-6-10(8)11(2,3)4;1-8-5-6-9(11(2,3)4)7-10(8)12(13,14)15;1-9-5-7-10(8-6-9)11(2,3)4;1-10(2,3)9-7(11)5-4-6-8(9)12/h2*5-7H,1-4H3;5-8H,1-4H3;4-6H,1-3H3. The normalized spacial score (nSPS) is 12.4. The molecule has 0 amide bonds. The molecule has 294 valence electrons. The molecule has 0 nitrogen and oxygen atoms in total. The second kappa shape index (κ2) is 18.1. The molecule has 0 radical (unpaired) electrons. The third kappa shape index (κ3) is 15.7. The van der Waals surface area contributed by atoms with E-state index in [1.807, 2.05) is 59.7 Å². The van der Waals surface area contributed by atoms with E-state index in [0.717, 1.165) is 27.2 Å². The Morgan fingerprint density at radius 3 is 1.17 bits per heavy atom. The highest BCUT2D eigenvalue weighted by Gasteiger charge is 2.33. The van der Waals surface area contributed by atoms with E-state index in [9.17, 15) is 26.3 Å². The van der Waals surface area contributed by atoms with Gasteiger partial charge in [0, 0.05) is 10.0 Å². The van der Waals surface area contributed by atoms with E-state index >= 15 is 0 Å². The van der Waals surface area contributed by atoms with Gasteiger partial charge in [-0.1, -0.05) is 160 Å². The molecule has 0 bridgehead atoms. The predicted octanol–water partition coefficient (Wildman–Crippen LogP) is 16.2. The molecule has 4 aromatic rings. The van der Waals surface area contributed by atoms with Crippen molar-refractivity contribution in [1.82, 2.24) is 0 Å². The molecule has 0 heterocycles. The summed E-state index contributed by atoms with van der Waals surface area (Å²) in [6, 6.07) is 22.8. The maximum Gasteiger partial charge on any atom is 0.416 e. The summed E-state index contributed by atoms with van der Waals surface area (Å²) in [5.74, 6) is 0. The van der Waals surface area contributed by atoms with E-state index in [2.05, 4.69) is 72.7 Å². The number of hydrogen-bond acceptors (Lipinski definition) is 0. The van der Waals surface area contributed by atoms with Crippen LogP contribution >= 0.6 is 23.2 Å². The van der Waals surface area contributed by atoms with Gasteiger partial charge in [-0.2, -0.15) is 26.3 Å². The Morgan fingerprint density at radius 1 is 0.396 bits per heavy atom. The van der Waals surface area contributed by atoms with Gasteiger partial charge in [-0.05, 0) is 106 Å². The number of benzene rings is 4. The zero-order valence-corrected chi connectivity index (χ0v) is 35.5. The molecule has 0 aliphatic heterocycles. The molecular weight excluding hydrogens is 725 g/mol. The number of aryl methyl sites for hydroxylation is 3. The van der Waals surface area contributed by atoms with Crippen LogP contribution in [0.2, 0.25) is 10.0 Å². The van der Waals surface area contributed by atoms with Crippen LogP contribution in [0.15, 0.2) is 78.9 Å². The summed E-state index contributed by atoms with van der Waals surface area (Å²) < 4.78 is 75.0. The third-order valence-electron chi connectivity index (χ3n) is 8.40. The van der Waals surface area contributed by atoms with Crippen LogP contribution in [-0.2, 0) is 34.0 Å². The summed E-state index contributed by atoms with van der Waals surface area (Å²) in [4.78, 5) is 0. The maximum atomic E-state index is 12.6. The fraction of sp³-hybridized carbons (Fsp3) is 0.467. The Morgan fingerprint density at radius 2 is 0.830 bits per heavy atom. The molecule has 0 saturated heterocycles. The van der Waals surface area contributed by atoms with Crippen molar-refractivity contribution < 1.29 is 26.3 Å². The van der Waals surface area contributed by atoms with Crippen molar-refractivity contribution in [2.45, 2.75) is 138 Å². The first kappa shape index (κ1) is 48.1. The van der Waals surface area contributed by atoms with Crippen molar-refractivity contribution in [2.24, 2.45) is 0 Å². The monoisotopic (exact) mass is 782 g/mol. The van der Waals surface area contributed by atoms with Crippen LogP contribution in [0, 0.1) is 20.8 Å². The van der Waals surface area contributed by atoms with Gasteiger partial charge in [0.25, 0.3) is 0 Å². The number of rotatable bonds is 0. The molecule has 53 heavy (non-hydrogen) atoms. The van der Waals surface area contributed by atoms with Crippen molar-refractivity contribution in [1.29, 1.82) is 0 Å². The summed E-state index contributed by atoms with van der Waals surface area (Å²) in [5, 5.41) is 1.49. The summed E-state index contributed by atoms with van der Waals surface area (Å²) in [5.41, 5.74) is 5.20. The zero-order chi connectivity index (χ0) is 41.5. The summed E-state index contributed by atoms with van der Waals surface area (Å²) in [7, 11) is 0. The molecule has 0 unspecified atom stereocenters. The Balaban J connectivity index is 0.000000356. The lowest BCUT2D eigenvalue weighted by Crippen LogP contribution is -2.14. The van der Waals surface area contributed by atoms with Crippen molar-refractivity contribution in [3.05, 3.63) is 139 Å². The van der Waals surface area contributed by atoms with Crippen molar-refractivity contribution in [3.63, 3.8) is 0 Å². The Hall–Kier alpha value is -2.96. The highest BCUT2D eigenvalue weighted by atomic mass is 35.5. The van der Waals surface area contributed by atoms with Crippen LogP contribution in [0.3, 0.4) is 0 Å². The second-order valence-electron chi connectivity index (χ2n) is 17.5. The van der Waals surface area contributed by atoms with Crippen LogP contribution in [0.4, 0.5) is 26.3 Å². The van der Waals surface area contributed by atoms with Crippen LogP contribution in [0.1, 0.15) is 133 Å². The van der Waals surface area contributed by atoms with Gasteiger partial charge in [-0.3, -0.25) is 0 Å². The topological polar surface area (TPSA) is 0 Å². The first-order chi connectivity index (χ1) is 23.7. The van der Waals surface area contributed by atoms with Gasteiger partial charge in [0.05, 0.1) is 11.1 Å². The molecule has 0 N–H and O–H groups in total. The molecule has 0 atom stereocenters. The van der Waals surface area contributed by atoms with Crippen molar-refractivity contribution in [3.8, 4) is 0 Å². The fourth-order valence-corrected chi connectivity index (χ4v) is 6.31. The Kier molecular flexibility index (Phi) is 16.4. The molecule has 4 rings (SSSR count). The molecule has 0 aliphatic carbocycles. The number of alkyl halides is 6. The number of halogens is 8. The molecular formula is C45H58Cl2F6. The molecule has 0 aliphatic rings. The SMILES string of the molecule is CC(C)(C)c1c(Cl)cccc1Cl.Cc1cc(C(F)(F)F)ccc1C(C)(C)C.Cc1ccc(C(C)(C)C)cc1.Cc1ccc(C(C)(C)C)cc1C(F)(F)F. The smallest absolute Gasteiger partial charge is 0.166 e. The molecule has 8 heteroatoms. The first-order valence-corrected chi connectivity index (χ1v) is 18.3. The molecule has 0 spiro atoms. The van der Waals surface area contributed by atoms with E-state index in [4.69, 9.17) is 23.2 Å². The van der Waals surface area contributed by atoms with Gasteiger partial charge in [0.15, 0.2) is 0 Å². The molecule has 0 fully saturated rings. The van der Waals surface area contributed by atoms with Crippen LogP contribution < -0.4 is 0 Å². The van der Waals surface area contributed by atoms with Gasteiger partial charge in [-0.15, -0.1) is 0 Å². The quantitative estimate of drug-likeness (QED) is 0.156. The first-order valence-electron chi connectivity index (χ1n) is 17.6. The van der Waals surface area contributed by atoms with E-state index in [-0.39, 0.29) is 27.2 Å². The average Bonchev–Trinajstić information content (AvgIpc) is 2.95. The number of hydrogen-bond donors (Lipinski definition) is 0. The third-order valence-corrected chi connectivity index (χ3v) is 9.03. The van der Waals surface area contributed by atoms with Crippen molar-refractivity contribution >= 4 is 23.2 Å². The highest BCUT2D eigenvalue weighted by Crippen LogP contribution is 2.37. The average molecular weight is 784 g/mol. The van der Waals surface area contributed by atoms with Crippen LogP contribution in [0.25, 0.3) is 0 Å². The van der Waals surface area contributed by atoms with Gasteiger partial charge in [0.1, 0.15) is 0 Å². The van der Waals surface area contributed by atoms with E-state index in [0.29, 0.717) is 11.1 Å². The van der Waals surface area contributed by atoms with E-state index < -0.39 is 23.5 Å². The second-order valence-corrected chi connectivity index (χ2v) is 18.3. The lowest BCUT2D eigenvalue weighted by molar-refractivity contribution is -0.138. The predicted molar refractivity (Wildman–Crippen MR) is 215 cm³/mol. The van der Waals surface area contributed by atoms with Crippen molar-refractivity contribution in [2.75, 3.05) is 0 Å². The van der Waals surface area contributed by atoms with Crippen LogP contribution in [-0.4, -0.2) is 0 Å². The highest BCUT2D eigenvalue weighted by molar-refractivity contribution is 6.36. The zero-order valence-electron chi connectivity index (χ0n) is 34.0. The Labute approximate surface area is 325 Å². The van der Waals surface area contributed by atoms with E-state index in [1.54, 1.807) is 19.1 Å². The minimum Gasteiger partial charge on any atom is -0.166 e. The van der Waals surface area contributed by atoms with Gasteiger partial charge in [0.2, 0.25) is 0 Å². The van der Waals surface area contributed by atoms with Gasteiger partial charge >= 0.3 is 12.4 Å².